The SMILES string of the molecule is COc1ccc([C@H]2CN(C(C)=O)[C@@H]3CCCN[C@H]23)cc1. The highest BCUT2D eigenvalue weighted by Crippen LogP contribution is 2.36. The van der Waals surface area contributed by atoms with Crippen molar-refractivity contribution in [1.29, 1.82) is 0 Å². The van der Waals surface area contributed by atoms with Crippen molar-refractivity contribution in [3.05, 3.63) is 29.8 Å². The summed E-state index contributed by atoms with van der Waals surface area (Å²) in [4.78, 5) is 13.9. The molecule has 0 saturated carbocycles. The van der Waals surface area contributed by atoms with Gasteiger partial charge in [0, 0.05) is 31.5 Å². The summed E-state index contributed by atoms with van der Waals surface area (Å²) in [5.74, 6) is 1.46. The molecule has 4 nitrogen and oxygen atoms in total. The maximum atomic E-state index is 11.9. The number of methoxy groups -OCH3 is 1. The van der Waals surface area contributed by atoms with Crippen LogP contribution in [-0.4, -0.2) is 43.1 Å². The Labute approximate surface area is 120 Å². The fourth-order valence-corrected chi connectivity index (χ4v) is 3.64. The molecule has 2 aliphatic heterocycles. The van der Waals surface area contributed by atoms with Gasteiger partial charge in [-0.3, -0.25) is 4.79 Å². The Bertz CT molecular complexity index is 486. The number of piperidine rings is 1. The Hall–Kier alpha value is -1.55. The largest absolute Gasteiger partial charge is 0.497 e. The summed E-state index contributed by atoms with van der Waals surface area (Å²) in [5, 5.41) is 3.62. The van der Waals surface area contributed by atoms with Crippen LogP contribution in [0.1, 0.15) is 31.2 Å². The molecular weight excluding hydrogens is 252 g/mol. The molecule has 1 aromatic carbocycles. The zero-order chi connectivity index (χ0) is 14.1. The van der Waals surface area contributed by atoms with Gasteiger partial charge in [0.25, 0.3) is 0 Å². The first-order valence-corrected chi connectivity index (χ1v) is 7.35. The molecule has 1 N–H and O–H groups in total. The van der Waals surface area contributed by atoms with E-state index in [1.807, 2.05) is 17.0 Å². The molecule has 108 valence electrons. The number of hydrogen-bond donors (Lipinski definition) is 1. The van der Waals surface area contributed by atoms with Crippen LogP contribution in [0.25, 0.3) is 0 Å². The van der Waals surface area contributed by atoms with Crippen LogP contribution in [0.15, 0.2) is 24.3 Å². The Kier molecular flexibility index (Phi) is 3.66. The second-order valence-electron chi connectivity index (χ2n) is 5.74. The maximum absolute atomic E-state index is 11.9. The molecule has 2 heterocycles. The van der Waals surface area contributed by atoms with E-state index in [0.29, 0.717) is 18.0 Å². The lowest BCUT2D eigenvalue weighted by Gasteiger charge is -2.33. The van der Waals surface area contributed by atoms with E-state index in [1.165, 1.54) is 5.56 Å². The number of amides is 1. The fraction of sp³-hybridized carbons (Fsp3) is 0.562. The van der Waals surface area contributed by atoms with E-state index < -0.39 is 0 Å². The molecule has 0 bridgehead atoms. The van der Waals surface area contributed by atoms with Crippen LogP contribution in [0.2, 0.25) is 0 Å². The average molecular weight is 274 g/mol. The highest BCUT2D eigenvalue weighted by atomic mass is 16.5. The number of likely N-dealkylation sites (tertiary alicyclic amines) is 1. The number of rotatable bonds is 2. The van der Waals surface area contributed by atoms with Crippen molar-refractivity contribution in [1.82, 2.24) is 10.2 Å². The van der Waals surface area contributed by atoms with E-state index in [-0.39, 0.29) is 5.91 Å². The number of carbonyl (C=O) groups excluding carboxylic acids is 1. The first-order valence-electron chi connectivity index (χ1n) is 7.35. The minimum Gasteiger partial charge on any atom is -0.497 e. The average Bonchev–Trinajstić information content (AvgIpc) is 2.87. The minimum absolute atomic E-state index is 0.194. The van der Waals surface area contributed by atoms with Crippen molar-refractivity contribution in [2.24, 2.45) is 0 Å². The predicted octanol–water partition coefficient (Wildman–Crippen LogP) is 1.76. The number of ether oxygens (including phenoxy) is 1. The number of nitrogens with zero attached hydrogens (tertiary/aromatic N) is 1. The number of benzene rings is 1. The van der Waals surface area contributed by atoms with Crippen LogP contribution < -0.4 is 10.1 Å². The molecule has 0 aliphatic carbocycles. The van der Waals surface area contributed by atoms with Gasteiger partial charge in [0.05, 0.1) is 7.11 Å². The Morgan fingerprint density at radius 3 is 2.75 bits per heavy atom. The number of nitrogens with one attached hydrogen (secondary N) is 1. The van der Waals surface area contributed by atoms with Gasteiger partial charge in [-0.15, -0.1) is 0 Å². The van der Waals surface area contributed by atoms with Gasteiger partial charge in [-0.05, 0) is 37.1 Å². The number of fused-ring (bicyclic) bond motifs is 1. The summed E-state index contributed by atoms with van der Waals surface area (Å²) < 4.78 is 5.22. The first kappa shape index (κ1) is 13.4. The van der Waals surface area contributed by atoms with Crippen LogP contribution in [0.5, 0.6) is 5.75 Å². The quantitative estimate of drug-likeness (QED) is 0.893. The number of hydrogen-bond acceptors (Lipinski definition) is 3. The Morgan fingerprint density at radius 2 is 2.10 bits per heavy atom. The topological polar surface area (TPSA) is 41.6 Å². The molecule has 2 fully saturated rings. The van der Waals surface area contributed by atoms with Gasteiger partial charge in [0.1, 0.15) is 5.75 Å². The van der Waals surface area contributed by atoms with Crippen LogP contribution in [0.3, 0.4) is 0 Å². The van der Waals surface area contributed by atoms with Gasteiger partial charge in [-0.25, -0.2) is 0 Å². The lowest BCUT2D eigenvalue weighted by atomic mass is 9.87. The monoisotopic (exact) mass is 274 g/mol. The highest BCUT2D eigenvalue weighted by molar-refractivity contribution is 5.74. The van der Waals surface area contributed by atoms with Gasteiger partial charge in [-0.1, -0.05) is 12.1 Å². The summed E-state index contributed by atoms with van der Waals surface area (Å²) in [6.07, 6.45) is 2.27. The standard InChI is InChI=1S/C16H22N2O2/c1-11(19)18-10-14(16-15(18)4-3-9-17-16)12-5-7-13(20-2)8-6-12/h5-8,14-17H,3-4,9-10H2,1-2H3/t14-,15-,16-/m1/s1. The van der Waals surface area contributed by atoms with E-state index in [0.717, 1.165) is 31.7 Å². The van der Waals surface area contributed by atoms with Crippen molar-refractivity contribution < 1.29 is 9.53 Å². The molecule has 3 atom stereocenters. The molecule has 2 aliphatic rings. The van der Waals surface area contributed by atoms with Gasteiger partial charge in [0.2, 0.25) is 5.91 Å². The first-order chi connectivity index (χ1) is 9.70. The van der Waals surface area contributed by atoms with E-state index in [4.69, 9.17) is 4.74 Å². The third kappa shape index (κ3) is 2.29. The van der Waals surface area contributed by atoms with Gasteiger partial charge in [0.15, 0.2) is 0 Å². The smallest absolute Gasteiger partial charge is 0.219 e. The summed E-state index contributed by atoms with van der Waals surface area (Å²) in [6, 6.07) is 9.00. The van der Waals surface area contributed by atoms with Crippen LogP contribution in [0, 0.1) is 0 Å². The van der Waals surface area contributed by atoms with E-state index in [2.05, 4.69) is 17.4 Å². The Balaban J connectivity index is 1.86. The second-order valence-corrected chi connectivity index (χ2v) is 5.74. The summed E-state index contributed by atoms with van der Waals surface area (Å²) in [5.41, 5.74) is 1.29. The summed E-state index contributed by atoms with van der Waals surface area (Å²) in [7, 11) is 1.68. The van der Waals surface area contributed by atoms with Crippen molar-refractivity contribution in [3.63, 3.8) is 0 Å². The summed E-state index contributed by atoms with van der Waals surface area (Å²) >= 11 is 0. The second kappa shape index (κ2) is 5.44. The van der Waals surface area contributed by atoms with Crippen LogP contribution >= 0.6 is 0 Å². The third-order valence-corrected chi connectivity index (χ3v) is 4.65. The molecule has 20 heavy (non-hydrogen) atoms. The van der Waals surface area contributed by atoms with E-state index >= 15 is 0 Å². The van der Waals surface area contributed by atoms with Crippen LogP contribution in [0.4, 0.5) is 0 Å². The fourth-order valence-electron chi connectivity index (χ4n) is 3.64. The van der Waals surface area contributed by atoms with Crippen molar-refractivity contribution in [2.45, 2.75) is 37.8 Å². The summed E-state index contributed by atoms with van der Waals surface area (Å²) in [6.45, 7) is 3.56. The van der Waals surface area contributed by atoms with Crippen molar-refractivity contribution in [3.8, 4) is 5.75 Å². The highest BCUT2D eigenvalue weighted by Gasteiger charge is 2.44. The zero-order valence-electron chi connectivity index (χ0n) is 12.1. The van der Waals surface area contributed by atoms with E-state index in [1.54, 1.807) is 14.0 Å². The molecule has 0 unspecified atom stereocenters. The van der Waals surface area contributed by atoms with Crippen molar-refractivity contribution in [2.75, 3.05) is 20.2 Å². The molecule has 1 amide bonds. The van der Waals surface area contributed by atoms with Crippen LogP contribution in [-0.2, 0) is 4.79 Å². The maximum Gasteiger partial charge on any atom is 0.219 e. The van der Waals surface area contributed by atoms with E-state index in [9.17, 15) is 4.79 Å². The molecule has 0 spiro atoms. The van der Waals surface area contributed by atoms with Gasteiger partial charge < -0.3 is 15.0 Å². The molecule has 3 rings (SSSR count). The van der Waals surface area contributed by atoms with Gasteiger partial charge in [-0.2, -0.15) is 0 Å². The predicted molar refractivity (Wildman–Crippen MR) is 77.9 cm³/mol. The lowest BCUT2D eigenvalue weighted by molar-refractivity contribution is -0.130. The van der Waals surface area contributed by atoms with Gasteiger partial charge >= 0.3 is 0 Å². The third-order valence-electron chi connectivity index (χ3n) is 4.65. The molecular formula is C16H22N2O2. The molecule has 2 saturated heterocycles. The molecule has 0 radical (unpaired) electrons. The minimum atomic E-state index is 0.194. The Morgan fingerprint density at radius 1 is 1.35 bits per heavy atom. The van der Waals surface area contributed by atoms with Crippen molar-refractivity contribution >= 4 is 5.91 Å². The molecule has 1 aromatic rings. The zero-order valence-corrected chi connectivity index (χ0v) is 12.1. The number of carbonyl (C=O) groups is 1. The normalized spacial score (nSPS) is 29.1. The lowest BCUT2D eigenvalue weighted by Crippen LogP contribution is -2.49. The molecule has 0 aromatic heterocycles. The molecule has 4 heteroatoms.